The number of hydrogen-bond acceptors (Lipinski definition) is 3. The summed E-state index contributed by atoms with van der Waals surface area (Å²) in [5, 5.41) is 6.05. The minimum absolute atomic E-state index is 0.191. The third kappa shape index (κ3) is 5.59. The highest BCUT2D eigenvalue weighted by molar-refractivity contribution is 6.32. The molecule has 0 saturated carbocycles. The van der Waals surface area contributed by atoms with Gasteiger partial charge in [-0.2, -0.15) is 0 Å². The van der Waals surface area contributed by atoms with Crippen LogP contribution in [0.4, 0.5) is 11.4 Å². The molecule has 0 fully saturated rings. The van der Waals surface area contributed by atoms with Crippen LogP contribution in [0, 0.1) is 6.92 Å². The molecule has 1 atom stereocenters. The molecule has 6 heteroatoms. The second kappa shape index (κ2) is 9.26. The summed E-state index contributed by atoms with van der Waals surface area (Å²) >= 11 is 6.05. The first-order valence-electron chi connectivity index (χ1n) is 9.12. The number of ether oxygens (including phenoxy) is 1. The number of hydrogen-bond donors (Lipinski definition) is 2. The maximum atomic E-state index is 12.4. The Kier molecular flexibility index (Phi) is 6.52. The van der Waals surface area contributed by atoms with Crippen molar-refractivity contribution in [3.05, 3.63) is 88.9 Å². The van der Waals surface area contributed by atoms with E-state index in [9.17, 15) is 9.59 Å². The van der Waals surface area contributed by atoms with Crippen molar-refractivity contribution in [2.24, 2.45) is 0 Å². The Balaban J connectivity index is 1.57. The van der Waals surface area contributed by atoms with E-state index >= 15 is 0 Å². The number of benzene rings is 3. The summed E-state index contributed by atoms with van der Waals surface area (Å²) in [5.74, 6) is -0.0455. The van der Waals surface area contributed by atoms with Gasteiger partial charge in [-0.25, -0.2) is 0 Å². The minimum Gasteiger partial charge on any atom is -0.479 e. The first-order valence-corrected chi connectivity index (χ1v) is 9.50. The molecule has 5 nitrogen and oxygen atoms in total. The summed E-state index contributed by atoms with van der Waals surface area (Å²) in [7, 11) is 0. The molecular formula is C23H21ClN2O3. The summed E-state index contributed by atoms with van der Waals surface area (Å²) < 4.78 is 5.61. The fourth-order valence-corrected chi connectivity index (χ4v) is 2.75. The van der Waals surface area contributed by atoms with Gasteiger partial charge in [0, 0.05) is 16.9 Å². The van der Waals surface area contributed by atoms with Crippen LogP contribution in [-0.2, 0) is 4.79 Å². The van der Waals surface area contributed by atoms with Crippen LogP contribution in [-0.4, -0.2) is 17.9 Å². The predicted molar refractivity (Wildman–Crippen MR) is 116 cm³/mol. The van der Waals surface area contributed by atoms with E-state index in [0.717, 1.165) is 5.56 Å². The lowest BCUT2D eigenvalue weighted by atomic mass is 10.1. The van der Waals surface area contributed by atoms with Gasteiger partial charge >= 0.3 is 0 Å². The molecule has 3 rings (SSSR count). The van der Waals surface area contributed by atoms with E-state index in [1.165, 1.54) is 0 Å². The zero-order valence-corrected chi connectivity index (χ0v) is 16.9. The van der Waals surface area contributed by atoms with Crippen LogP contribution in [0.25, 0.3) is 0 Å². The molecule has 0 aliphatic carbocycles. The molecule has 0 heterocycles. The van der Waals surface area contributed by atoms with E-state index < -0.39 is 6.10 Å². The van der Waals surface area contributed by atoms with Crippen LogP contribution in [0.3, 0.4) is 0 Å². The Morgan fingerprint density at radius 3 is 2.07 bits per heavy atom. The van der Waals surface area contributed by atoms with Gasteiger partial charge in [-0.05, 0) is 62.4 Å². The molecule has 29 heavy (non-hydrogen) atoms. The lowest BCUT2D eigenvalue weighted by Gasteiger charge is -2.15. The molecular weight excluding hydrogens is 388 g/mol. The van der Waals surface area contributed by atoms with Gasteiger partial charge < -0.3 is 15.4 Å². The quantitative estimate of drug-likeness (QED) is 0.581. The number of anilines is 2. The number of nitrogens with one attached hydrogen (secondary N) is 2. The Hall–Kier alpha value is -3.31. The van der Waals surface area contributed by atoms with E-state index in [0.29, 0.717) is 27.7 Å². The standard InChI is InChI=1S/C23H21ClN2O3/c1-15-7-9-17(10-8-15)23(28)26-19-13-11-18(12-14-19)25-22(27)16(2)29-21-6-4-3-5-20(21)24/h3-14,16H,1-2H3,(H,25,27)(H,26,28). The summed E-state index contributed by atoms with van der Waals surface area (Å²) in [5.41, 5.74) is 2.90. The predicted octanol–water partition coefficient (Wildman–Crippen LogP) is 5.31. The lowest BCUT2D eigenvalue weighted by Crippen LogP contribution is -2.30. The molecule has 0 aromatic heterocycles. The number of halogens is 1. The molecule has 0 aliphatic rings. The highest BCUT2D eigenvalue weighted by Gasteiger charge is 2.16. The topological polar surface area (TPSA) is 67.4 Å². The zero-order chi connectivity index (χ0) is 20.8. The summed E-state index contributed by atoms with van der Waals surface area (Å²) in [4.78, 5) is 24.6. The second-order valence-corrected chi connectivity index (χ2v) is 6.98. The van der Waals surface area contributed by atoms with Gasteiger partial charge in [0.2, 0.25) is 0 Å². The Morgan fingerprint density at radius 2 is 1.45 bits per heavy atom. The van der Waals surface area contributed by atoms with Crippen molar-refractivity contribution in [2.45, 2.75) is 20.0 Å². The maximum Gasteiger partial charge on any atom is 0.265 e. The van der Waals surface area contributed by atoms with Gasteiger partial charge in [-0.1, -0.05) is 41.4 Å². The molecule has 2 N–H and O–H groups in total. The van der Waals surface area contributed by atoms with E-state index in [4.69, 9.17) is 16.3 Å². The third-order valence-electron chi connectivity index (χ3n) is 4.23. The van der Waals surface area contributed by atoms with Crippen molar-refractivity contribution >= 4 is 34.8 Å². The van der Waals surface area contributed by atoms with Crippen LogP contribution in [0.5, 0.6) is 5.75 Å². The Morgan fingerprint density at radius 1 is 0.862 bits per heavy atom. The van der Waals surface area contributed by atoms with Gasteiger partial charge in [0.15, 0.2) is 6.10 Å². The molecule has 3 aromatic rings. The van der Waals surface area contributed by atoms with Crippen molar-refractivity contribution in [3.8, 4) is 5.75 Å². The Labute approximate surface area is 174 Å². The number of carbonyl (C=O) groups excluding carboxylic acids is 2. The zero-order valence-electron chi connectivity index (χ0n) is 16.1. The number of carbonyl (C=O) groups is 2. The van der Waals surface area contributed by atoms with Crippen LogP contribution in [0.1, 0.15) is 22.8 Å². The minimum atomic E-state index is -0.726. The number of para-hydroxylation sites is 1. The van der Waals surface area contributed by atoms with E-state index in [1.807, 2.05) is 19.1 Å². The van der Waals surface area contributed by atoms with Gasteiger partial charge in [-0.3, -0.25) is 9.59 Å². The Bertz CT molecular complexity index is 1000. The molecule has 0 aliphatic heterocycles. The SMILES string of the molecule is Cc1ccc(C(=O)Nc2ccc(NC(=O)C(C)Oc3ccccc3Cl)cc2)cc1. The summed E-state index contributed by atoms with van der Waals surface area (Å²) in [6, 6.07) is 21.2. The molecule has 0 saturated heterocycles. The van der Waals surface area contributed by atoms with Crippen molar-refractivity contribution in [2.75, 3.05) is 10.6 Å². The third-order valence-corrected chi connectivity index (χ3v) is 4.55. The van der Waals surface area contributed by atoms with Gasteiger partial charge in [-0.15, -0.1) is 0 Å². The molecule has 2 amide bonds. The highest BCUT2D eigenvalue weighted by Crippen LogP contribution is 2.24. The fourth-order valence-electron chi connectivity index (χ4n) is 2.57. The number of aryl methyl sites for hydroxylation is 1. The van der Waals surface area contributed by atoms with Crippen molar-refractivity contribution in [1.82, 2.24) is 0 Å². The monoisotopic (exact) mass is 408 g/mol. The van der Waals surface area contributed by atoms with Gasteiger partial charge in [0.05, 0.1) is 5.02 Å². The van der Waals surface area contributed by atoms with Gasteiger partial charge in [0.1, 0.15) is 5.75 Å². The van der Waals surface area contributed by atoms with E-state index in [1.54, 1.807) is 67.6 Å². The summed E-state index contributed by atoms with van der Waals surface area (Å²) in [6.07, 6.45) is -0.726. The van der Waals surface area contributed by atoms with E-state index in [-0.39, 0.29) is 11.8 Å². The van der Waals surface area contributed by atoms with Crippen LogP contribution >= 0.6 is 11.6 Å². The molecule has 0 spiro atoms. The van der Waals surface area contributed by atoms with Crippen LogP contribution in [0.2, 0.25) is 5.02 Å². The van der Waals surface area contributed by atoms with Crippen LogP contribution < -0.4 is 15.4 Å². The first kappa shape index (κ1) is 20.4. The summed E-state index contributed by atoms with van der Waals surface area (Å²) in [6.45, 7) is 3.61. The molecule has 148 valence electrons. The average molecular weight is 409 g/mol. The normalized spacial score (nSPS) is 11.4. The number of amides is 2. The largest absolute Gasteiger partial charge is 0.479 e. The molecule has 1 unspecified atom stereocenters. The van der Waals surface area contributed by atoms with Crippen LogP contribution in [0.15, 0.2) is 72.8 Å². The first-order chi connectivity index (χ1) is 13.9. The molecule has 0 bridgehead atoms. The van der Waals surface area contributed by atoms with Gasteiger partial charge in [0.25, 0.3) is 11.8 Å². The molecule has 0 radical (unpaired) electrons. The van der Waals surface area contributed by atoms with Crippen molar-refractivity contribution in [1.29, 1.82) is 0 Å². The second-order valence-electron chi connectivity index (χ2n) is 6.58. The van der Waals surface area contributed by atoms with Crippen molar-refractivity contribution < 1.29 is 14.3 Å². The fraction of sp³-hybridized carbons (Fsp3) is 0.130. The lowest BCUT2D eigenvalue weighted by molar-refractivity contribution is -0.122. The highest BCUT2D eigenvalue weighted by atomic mass is 35.5. The van der Waals surface area contributed by atoms with Crippen molar-refractivity contribution in [3.63, 3.8) is 0 Å². The molecule has 3 aromatic carbocycles. The smallest absolute Gasteiger partial charge is 0.265 e. The maximum absolute atomic E-state index is 12.4. The average Bonchev–Trinajstić information content (AvgIpc) is 2.71. The number of rotatable bonds is 6. The van der Waals surface area contributed by atoms with E-state index in [2.05, 4.69) is 10.6 Å².